The molecule has 0 fully saturated rings. The zero-order valence-corrected chi connectivity index (χ0v) is 12.3. The lowest BCUT2D eigenvalue weighted by Crippen LogP contribution is -2.04. The molecular formula is C15H15N3O5. The second-order valence-electron chi connectivity index (χ2n) is 4.43. The Morgan fingerprint density at radius 1 is 1.00 bits per heavy atom. The first kappa shape index (κ1) is 17.9. The van der Waals surface area contributed by atoms with E-state index in [1.54, 1.807) is 19.2 Å². The Morgan fingerprint density at radius 2 is 1.57 bits per heavy atom. The Bertz CT molecular complexity index is 703. The minimum atomic E-state index is -0.535. The van der Waals surface area contributed by atoms with Crippen LogP contribution in [0.5, 0.6) is 0 Å². The molecule has 0 bridgehead atoms. The molecule has 0 heterocycles. The summed E-state index contributed by atoms with van der Waals surface area (Å²) in [6, 6.07) is 12.1. The van der Waals surface area contributed by atoms with Gasteiger partial charge < -0.3 is 5.32 Å². The molecule has 2 aromatic carbocycles. The number of non-ortho nitro benzene ring substituents is 2. The smallest absolute Gasteiger partial charge is 0.270 e. The molecule has 2 rings (SSSR count). The van der Waals surface area contributed by atoms with Crippen LogP contribution in [0.3, 0.4) is 0 Å². The molecule has 2 aromatic rings. The summed E-state index contributed by atoms with van der Waals surface area (Å²) in [4.78, 5) is 29.7. The van der Waals surface area contributed by atoms with Crippen molar-refractivity contribution >= 4 is 17.7 Å². The van der Waals surface area contributed by atoms with E-state index in [1.165, 1.54) is 30.3 Å². The lowest BCUT2D eigenvalue weighted by atomic mass is 10.2. The second-order valence-corrected chi connectivity index (χ2v) is 4.43. The molecule has 120 valence electrons. The Morgan fingerprint density at radius 3 is 2.09 bits per heavy atom. The summed E-state index contributed by atoms with van der Waals surface area (Å²) in [5.41, 5.74) is 1.32. The molecule has 1 N–H and O–H groups in total. The summed E-state index contributed by atoms with van der Waals surface area (Å²) in [7, 11) is 1.80. The number of nitro groups is 2. The van der Waals surface area contributed by atoms with E-state index in [-0.39, 0.29) is 16.3 Å². The minimum absolute atomic E-state index is 0.0606. The van der Waals surface area contributed by atoms with E-state index in [9.17, 15) is 25.0 Å². The van der Waals surface area contributed by atoms with E-state index in [1.807, 2.05) is 6.07 Å². The SMILES string of the molecule is CNCc1cccc([N+](=O)[O-])c1.O=Cc1cccc([N+](=O)[O-])c1. The summed E-state index contributed by atoms with van der Waals surface area (Å²) in [5, 5.41) is 23.4. The third kappa shape index (κ3) is 6.02. The van der Waals surface area contributed by atoms with Gasteiger partial charge in [0, 0.05) is 36.4 Å². The summed E-state index contributed by atoms with van der Waals surface area (Å²) in [5.74, 6) is 0. The summed E-state index contributed by atoms with van der Waals surface area (Å²) in [6.45, 7) is 0.654. The van der Waals surface area contributed by atoms with Crippen molar-refractivity contribution in [2.45, 2.75) is 6.54 Å². The maximum Gasteiger partial charge on any atom is 0.270 e. The van der Waals surface area contributed by atoms with Crippen molar-refractivity contribution in [2.75, 3.05) is 7.05 Å². The number of nitro benzene ring substituents is 2. The van der Waals surface area contributed by atoms with E-state index >= 15 is 0 Å². The van der Waals surface area contributed by atoms with Gasteiger partial charge in [0.1, 0.15) is 6.29 Å². The van der Waals surface area contributed by atoms with Crippen molar-refractivity contribution in [1.82, 2.24) is 5.32 Å². The highest BCUT2D eigenvalue weighted by atomic mass is 16.6. The fraction of sp³-hybridized carbons (Fsp3) is 0.133. The third-order valence-electron chi connectivity index (χ3n) is 2.72. The predicted molar refractivity (Wildman–Crippen MR) is 84.3 cm³/mol. The van der Waals surface area contributed by atoms with Gasteiger partial charge in [-0.25, -0.2) is 0 Å². The average Bonchev–Trinajstić information content (AvgIpc) is 2.56. The van der Waals surface area contributed by atoms with Crippen LogP contribution < -0.4 is 5.32 Å². The fourth-order valence-electron chi connectivity index (χ4n) is 1.70. The van der Waals surface area contributed by atoms with Crippen molar-refractivity contribution in [3.8, 4) is 0 Å². The molecule has 0 radical (unpaired) electrons. The molecule has 0 aliphatic carbocycles. The monoisotopic (exact) mass is 317 g/mol. The van der Waals surface area contributed by atoms with Crippen LogP contribution in [-0.2, 0) is 6.54 Å². The van der Waals surface area contributed by atoms with Gasteiger partial charge >= 0.3 is 0 Å². The summed E-state index contributed by atoms with van der Waals surface area (Å²) < 4.78 is 0. The van der Waals surface area contributed by atoms with Crippen molar-refractivity contribution in [1.29, 1.82) is 0 Å². The maximum atomic E-state index is 10.3. The van der Waals surface area contributed by atoms with Crippen molar-refractivity contribution in [3.63, 3.8) is 0 Å². The van der Waals surface area contributed by atoms with E-state index in [0.29, 0.717) is 18.4 Å². The molecule has 8 heteroatoms. The van der Waals surface area contributed by atoms with Crippen LogP contribution in [0.2, 0.25) is 0 Å². The van der Waals surface area contributed by atoms with Crippen LogP contribution in [0.25, 0.3) is 0 Å². The second kappa shape index (κ2) is 9.00. The zero-order valence-electron chi connectivity index (χ0n) is 12.3. The quantitative estimate of drug-likeness (QED) is 0.515. The fourth-order valence-corrected chi connectivity index (χ4v) is 1.70. The number of carbonyl (C=O) groups excluding carboxylic acids is 1. The first-order valence-electron chi connectivity index (χ1n) is 6.55. The molecule has 0 saturated carbocycles. The topological polar surface area (TPSA) is 115 Å². The summed E-state index contributed by atoms with van der Waals surface area (Å²) >= 11 is 0. The molecule has 0 atom stereocenters. The van der Waals surface area contributed by atoms with Gasteiger partial charge in [0.2, 0.25) is 0 Å². The Labute approximate surface area is 132 Å². The number of carbonyl (C=O) groups is 1. The van der Waals surface area contributed by atoms with Crippen LogP contribution in [0.1, 0.15) is 15.9 Å². The first-order valence-corrected chi connectivity index (χ1v) is 6.55. The summed E-state index contributed by atoms with van der Waals surface area (Å²) in [6.07, 6.45) is 0.576. The van der Waals surface area contributed by atoms with Crippen molar-refractivity contribution in [3.05, 3.63) is 79.9 Å². The molecule has 0 unspecified atom stereocenters. The van der Waals surface area contributed by atoms with Crippen LogP contribution in [0.4, 0.5) is 11.4 Å². The van der Waals surface area contributed by atoms with E-state index in [0.717, 1.165) is 5.56 Å². The third-order valence-corrected chi connectivity index (χ3v) is 2.72. The molecule has 23 heavy (non-hydrogen) atoms. The maximum absolute atomic E-state index is 10.3. The lowest BCUT2D eigenvalue weighted by molar-refractivity contribution is -0.385. The molecule has 0 aliphatic heterocycles. The van der Waals surface area contributed by atoms with Crippen molar-refractivity contribution in [2.24, 2.45) is 0 Å². The minimum Gasteiger partial charge on any atom is -0.316 e. The number of nitrogens with one attached hydrogen (secondary N) is 1. The first-order chi connectivity index (χ1) is 11.0. The molecular weight excluding hydrogens is 302 g/mol. The number of rotatable bonds is 5. The van der Waals surface area contributed by atoms with E-state index in [2.05, 4.69) is 5.32 Å². The molecule has 0 aromatic heterocycles. The molecule has 0 spiro atoms. The van der Waals surface area contributed by atoms with Gasteiger partial charge in [0.15, 0.2) is 0 Å². The van der Waals surface area contributed by atoms with Gasteiger partial charge in [-0.1, -0.05) is 24.3 Å². The number of aldehydes is 1. The number of benzene rings is 2. The van der Waals surface area contributed by atoms with Gasteiger partial charge in [0.25, 0.3) is 11.4 Å². The largest absolute Gasteiger partial charge is 0.316 e. The highest BCUT2D eigenvalue weighted by molar-refractivity contribution is 5.75. The van der Waals surface area contributed by atoms with Crippen LogP contribution in [0, 0.1) is 20.2 Å². The number of hydrogen-bond donors (Lipinski definition) is 1. The van der Waals surface area contributed by atoms with Gasteiger partial charge in [-0.15, -0.1) is 0 Å². The van der Waals surface area contributed by atoms with Gasteiger partial charge in [-0.3, -0.25) is 25.0 Å². The molecule has 0 amide bonds. The van der Waals surface area contributed by atoms with Gasteiger partial charge in [0.05, 0.1) is 9.85 Å². The lowest BCUT2D eigenvalue weighted by Gasteiger charge is -1.98. The van der Waals surface area contributed by atoms with Crippen LogP contribution in [0.15, 0.2) is 48.5 Å². The van der Waals surface area contributed by atoms with Crippen LogP contribution >= 0.6 is 0 Å². The Kier molecular flexibility index (Phi) is 7.02. The molecule has 0 saturated heterocycles. The Hall–Kier alpha value is -3.13. The van der Waals surface area contributed by atoms with Gasteiger partial charge in [-0.05, 0) is 12.6 Å². The van der Waals surface area contributed by atoms with Crippen LogP contribution in [-0.4, -0.2) is 23.2 Å². The van der Waals surface area contributed by atoms with E-state index < -0.39 is 4.92 Å². The Balaban J connectivity index is 0.000000231. The highest BCUT2D eigenvalue weighted by Crippen LogP contribution is 2.12. The molecule has 8 nitrogen and oxygen atoms in total. The average molecular weight is 317 g/mol. The molecule has 0 aliphatic rings. The van der Waals surface area contributed by atoms with E-state index in [4.69, 9.17) is 0 Å². The number of nitrogens with zero attached hydrogens (tertiary/aromatic N) is 2. The standard InChI is InChI=1S/C8H10N2O2.C7H5NO3/c1-9-6-7-3-2-4-8(5-7)10(11)12;9-5-6-2-1-3-7(4-6)8(10)11/h2-5,9H,6H2,1H3;1-5H. The van der Waals surface area contributed by atoms with Crippen molar-refractivity contribution < 1.29 is 14.6 Å². The van der Waals surface area contributed by atoms with Gasteiger partial charge in [-0.2, -0.15) is 0 Å². The normalized spacial score (nSPS) is 9.43. The zero-order chi connectivity index (χ0) is 17.2. The predicted octanol–water partition coefficient (Wildman–Crippen LogP) is 2.72. The highest BCUT2D eigenvalue weighted by Gasteiger charge is 2.04. The number of hydrogen-bond acceptors (Lipinski definition) is 6.